The van der Waals surface area contributed by atoms with Crippen LogP contribution >= 0.6 is 0 Å². The number of alkyl halides is 3. The molecule has 0 aliphatic carbocycles. The molecule has 2 atom stereocenters. The topological polar surface area (TPSA) is 29.5 Å². The Bertz CT molecular complexity index is 516. The molecule has 21 heavy (non-hydrogen) atoms. The number of hydrogen-bond acceptors (Lipinski definition) is 2. The maximum atomic E-state index is 13.4. The molecule has 6 heteroatoms. The Labute approximate surface area is 121 Å². The van der Waals surface area contributed by atoms with E-state index in [-0.39, 0.29) is 0 Å². The number of aryl methyl sites for hydroxylation is 1. The van der Waals surface area contributed by atoms with Crippen LogP contribution in [0.1, 0.15) is 31.1 Å². The van der Waals surface area contributed by atoms with Crippen molar-refractivity contribution in [2.24, 2.45) is 0 Å². The summed E-state index contributed by atoms with van der Waals surface area (Å²) in [6.07, 6.45) is -3.94. The van der Waals surface area contributed by atoms with Crippen LogP contribution in [0.25, 0.3) is 0 Å². The highest BCUT2D eigenvalue weighted by molar-refractivity contribution is 5.80. The SMILES string of the molecule is Cc1ccc(C2OC(C)(C)N(C(=O)C(F)F)C2CF)cc1. The van der Waals surface area contributed by atoms with Gasteiger partial charge in [0.15, 0.2) is 0 Å². The van der Waals surface area contributed by atoms with Gasteiger partial charge in [-0.25, -0.2) is 4.39 Å². The minimum absolute atomic E-state index is 0.667. The summed E-state index contributed by atoms with van der Waals surface area (Å²) in [6.45, 7) is 3.94. The molecule has 0 aromatic heterocycles. The van der Waals surface area contributed by atoms with E-state index in [9.17, 15) is 18.0 Å². The normalized spacial score (nSPS) is 24.6. The summed E-state index contributed by atoms with van der Waals surface area (Å²) < 4.78 is 44.6. The fourth-order valence-corrected chi connectivity index (χ4v) is 2.71. The zero-order chi connectivity index (χ0) is 15.8. The summed E-state index contributed by atoms with van der Waals surface area (Å²) in [4.78, 5) is 12.5. The number of hydrogen-bond donors (Lipinski definition) is 0. The largest absolute Gasteiger partial charge is 0.346 e. The number of carbonyl (C=O) groups is 1. The van der Waals surface area contributed by atoms with Crippen LogP contribution in [-0.4, -0.2) is 35.7 Å². The van der Waals surface area contributed by atoms with Crippen molar-refractivity contribution in [3.05, 3.63) is 35.4 Å². The number of ether oxygens (including phenoxy) is 1. The molecule has 1 aliphatic heterocycles. The highest BCUT2D eigenvalue weighted by Crippen LogP contribution is 2.41. The first-order chi connectivity index (χ1) is 9.77. The van der Waals surface area contributed by atoms with Crippen LogP contribution < -0.4 is 0 Å². The van der Waals surface area contributed by atoms with E-state index < -0.39 is 36.9 Å². The molecule has 1 fully saturated rings. The van der Waals surface area contributed by atoms with Gasteiger partial charge in [-0.2, -0.15) is 8.78 Å². The minimum Gasteiger partial charge on any atom is -0.346 e. The first kappa shape index (κ1) is 15.8. The second-order valence-electron chi connectivity index (χ2n) is 5.63. The van der Waals surface area contributed by atoms with Crippen molar-refractivity contribution in [3.8, 4) is 0 Å². The second kappa shape index (κ2) is 5.67. The van der Waals surface area contributed by atoms with Crippen molar-refractivity contribution in [2.45, 2.75) is 45.1 Å². The van der Waals surface area contributed by atoms with E-state index in [2.05, 4.69) is 0 Å². The van der Waals surface area contributed by atoms with Gasteiger partial charge >= 0.3 is 6.43 Å². The monoisotopic (exact) mass is 301 g/mol. The molecule has 1 aliphatic rings. The Morgan fingerprint density at radius 2 is 1.90 bits per heavy atom. The molecule has 0 saturated carbocycles. The van der Waals surface area contributed by atoms with E-state index in [1.54, 1.807) is 12.1 Å². The van der Waals surface area contributed by atoms with Gasteiger partial charge < -0.3 is 9.64 Å². The lowest BCUT2D eigenvalue weighted by atomic mass is 10.0. The van der Waals surface area contributed by atoms with E-state index in [1.807, 2.05) is 19.1 Å². The maximum Gasteiger partial charge on any atom is 0.315 e. The van der Waals surface area contributed by atoms with Crippen LogP contribution in [0.15, 0.2) is 24.3 Å². The average Bonchev–Trinajstić information content (AvgIpc) is 2.69. The van der Waals surface area contributed by atoms with Gasteiger partial charge in [-0.1, -0.05) is 29.8 Å². The van der Waals surface area contributed by atoms with Gasteiger partial charge in [-0.05, 0) is 26.3 Å². The van der Waals surface area contributed by atoms with Crippen LogP contribution in [0.5, 0.6) is 0 Å². The molecular weight excluding hydrogens is 283 g/mol. The first-order valence-corrected chi connectivity index (χ1v) is 6.69. The first-order valence-electron chi connectivity index (χ1n) is 6.69. The molecule has 1 amide bonds. The molecule has 2 unspecified atom stereocenters. The average molecular weight is 301 g/mol. The third-order valence-electron chi connectivity index (χ3n) is 3.66. The predicted molar refractivity (Wildman–Crippen MR) is 71.7 cm³/mol. The van der Waals surface area contributed by atoms with Gasteiger partial charge in [-0.3, -0.25) is 4.79 Å². The number of carbonyl (C=O) groups excluding carboxylic acids is 1. The predicted octanol–water partition coefficient (Wildman–Crippen LogP) is 3.23. The Morgan fingerprint density at radius 3 is 2.38 bits per heavy atom. The molecule has 0 bridgehead atoms. The summed E-state index contributed by atoms with van der Waals surface area (Å²) in [6, 6.07) is 6.13. The van der Waals surface area contributed by atoms with Gasteiger partial charge in [0.05, 0.1) is 6.04 Å². The van der Waals surface area contributed by atoms with Gasteiger partial charge in [-0.15, -0.1) is 0 Å². The van der Waals surface area contributed by atoms with Gasteiger partial charge in [0.2, 0.25) is 0 Å². The standard InChI is InChI=1S/C15H18F3NO2/c1-9-4-6-10(7-5-9)12-11(8-16)19(14(20)13(17)18)15(2,3)21-12/h4-7,11-13H,8H2,1-3H3. The van der Waals surface area contributed by atoms with Crippen LogP contribution in [0.3, 0.4) is 0 Å². The summed E-state index contributed by atoms with van der Waals surface area (Å²) in [5.41, 5.74) is 0.411. The van der Waals surface area contributed by atoms with Crippen molar-refractivity contribution in [2.75, 3.05) is 6.67 Å². The molecule has 2 rings (SSSR count). The molecule has 0 spiro atoms. The Hall–Kier alpha value is -1.56. The minimum atomic E-state index is -3.18. The van der Waals surface area contributed by atoms with Crippen molar-refractivity contribution >= 4 is 5.91 Å². The van der Waals surface area contributed by atoms with Crippen molar-refractivity contribution in [1.82, 2.24) is 4.90 Å². The summed E-state index contributed by atoms with van der Waals surface area (Å²) in [7, 11) is 0. The number of halogens is 3. The fourth-order valence-electron chi connectivity index (χ4n) is 2.71. The molecule has 1 aromatic rings. The van der Waals surface area contributed by atoms with E-state index in [0.29, 0.717) is 5.56 Å². The molecule has 0 N–H and O–H groups in total. The number of amides is 1. The third kappa shape index (κ3) is 2.90. The van der Waals surface area contributed by atoms with Crippen LogP contribution in [0, 0.1) is 6.92 Å². The lowest BCUT2D eigenvalue weighted by Gasteiger charge is -2.32. The maximum absolute atomic E-state index is 13.4. The number of benzene rings is 1. The van der Waals surface area contributed by atoms with E-state index in [0.717, 1.165) is 10.5 Å². The quantitative estimate of drug-likeness (QED) is 0.858. The second-order valence-corrected chi connectivity index (χ2v) is 5.63. The van der Waals surface area contributed by atoms with Gasteiger partial charge in [0.1, 0.15) is 18.5 Å². The smallest absolute Gasteiger partial charge is 0.315 e. The number of nitrogens with zero attached hydrogens (tertiary/aromatic N) is 1. The van der Waals surface area contributed by atoms with Crippen LogP contribution in [0.2, 0.25) is 0 Å². The van der Waals surface area contributed by atoms with E-state index in [1.165, 1.54) is 13.8 Å². The van der Waals surface area contributed by atoms with E-state index >= 15 is 0 Å². The molecule has 0 radical (unpaired) electrons. The number of rotatable bonds is 3. The summed E-state index contributed by atoms with van der Waals surface area (Å²) in [5.74, 6) is -1.41. The molecular formula is C15H18F3NO2. The highest BCUT2D eigenvalue weighted by Gasteiger charge is 2.51. The van der Waals surface area contributed by atoms with Crippen molar-refractivity contribution in [1.29, 1.82) is 0 Å². The fraction of sp³-hybridized carbons (Fsp3) is 0.533. The molecule has 3 nitrogen and oxygen atoms in total. The van der Waals surface area contributed by atoms with Gasteiger partial charge in [0.25, 0.3) is 5.91 Å². The molecule has 116 valence electrons. The molecule has 1 aromatic carbocycles. The van der Waals surface area contributed by atoms with Crippen molar-refractivity contribution in [3.63, 3.8) is 0 Å². The zero-order valence-corrected chi connectivity index (χ0v) is 12.1. The van der Waals surface area contributed by atoms with Gasteiger partial charge in [0, 0.05) is 0 Å². The highest BCUT2D eigenvalue weighted by atomic mass is 19.3. The lowest BCUT2D eigenvalue weighted by Crippen LogP contribution is -2.51. The molecule has 1 heterocycles. The van der Waals surface area contributed by atoms with Crippen molar-refractivity contribution < 1.29 is 22.7 Å². The summed E-state index contributed by atoms with van der Waals surface area (Å²) in [5, 5.41) is 0. The van der Waals surface area contributed by atoms with Crippen LogP contribution in [-0.2, 0) is 9.53 Å². The molecule has 1 saturated heterocycles. The van der Waals surface area contributed by atoms with Crippen LogP contribution in [0.4, 0.5) is 13.2 Å². The summed E-state index contributed by atoms with van der Waals surface area (Å²) >= 11 is 0. The van der Waals surface area contributed by atoms with E-state index in [4.69, 9.17) is 4.74 Å². The third-order valence-corrected chi connectivity index (χ3v) is 3.66. The zero-order valence-electron chi connectivity index (χ0n) is 12.1. The Balaban J connectivity index is 2.37. The Morgan fingerprint density at radius 1 is 1.33 bits per heavy atom. The lowest BCUT2D eigenvalue weighted by molar-refractivity contribution is -0.159. The Kier molecular flexibility index (Phi) is 4.27.